The van der Waals surface area contributed by atoms with Crippen LogP contribution in [-0.2, 0) is 0 Å². The maximum absolute atomic E-state index is 9.82. The maximum Gasteiger partial charge on any atom is 0.0692 e. The molecule has 1 fully saturated rings. The number of aliphatic hydroxyl groups is 1. The molecule has 2 unspecified atom stereocenters. The zero-order valence-corrected chi connectivity index (χ0v) is 9.89. The minimum Gasteiger partial charge on any atom is -0.392 e. The Morgan fingerprint density at radius 1 is 1.31 bits per heavy atom. The molecule has 1 aliphatic rings. The van der Waals surface area contributed by atoms with E-state index in [9.17, 15) is 5.11 Å². The summed E-state index contributed by atoms with van der Waals surface area (Å²) in [4.78, 5) is 0. The average Bonchev–Trinajstić information content (AvgIpc) is 3.15. The van der Waals surface area contributed by atoms with Gasteiger partial charge in [-0.3, -0.25) is 0 Å². The van der Waals surface area contributed by atoms with E-state index in [1.165, 1.54) is 18.4 Å². The second-order valence-electron chi connectivity index (χ2n) is 4.68. The van der Waals surface area contributed by atoms with Gasteiger partial charge < -0.3 is 10.4 Å². The molecule has 0 heterocycles. The molecule has 2 N–H and O–H groups in total. The van der Waals surface area contributed by atoms with Crippen molar-refractivity contribution in [2.24, 2.45) is 5.92 Å². The van der Waals surface area contributed by atoms with E-state index in [-0.39, 0.29) is 6.10 Å². The first-order valence-corrected chi connectivity index (χ1v) is 6.27. The van der Waals surface area contributed by atoms with Crippen molar-refractivity contribution >= 4 is 0 Å². The Labute approximate surface area is 97.7 Å². The molecule has 0 aliphatic heterocycles. The number of rotatable bonds is 6. The van der Waals surface area contributed by atoms with Crippen LogP contribution >= 0.6 is 0 Å². The van der Waals surface area contributed by atoms with Crippen LogP contribution in [-0.4, -0.2) is 17.8 Å². The Bertz CT molecular complexity index is 308. The third-order valence-corrected chi connectivity index (χ3v) is 3.35. The molecule has 0 radical (unpaired) electrons. The van der Waals surface area contributed by atoms with Crippen LogP contribution in [0.2, 0.25) is 0 Å². The van der Waals surface area contributed by atoms with Crippen LogP contribution in [0.1, 0.15) is 37.8 Å². The molecule has 88 valence electrons. The van der Waals surface area contributed by atoms with E-state index in [1.807, 2.05) is 6.07 Å². The molecule has 0 spiro atoms. The van der Waals surface area contributed by atoms with Gasteiger partial charge in [-0.1, -0.05) is 37.3 Å². The first kappa shape index (κ1) is 11.6. The van der Waals surface area contributed by atoms with Gasteiger partial charge in [0.1, 0.15) is 0 Å². The van der Waals surface area contributed by atoms with E-state index in [1.54, 1.807) is 0 Å². The van der Waals surface area contributed by atoms with Gasteiger partial charge >= 0.3 is 0 Å². The minimum absolute atomic E-state index is 0.155. The fourth-order valence-electron chi connectivity index (χ4n) is 2.09. The normalized spacial score (nSPS) is 19.4. The van der Waals surface area contributed by atoms with Crippen LogP contribution < -0.4 is 5.32 Å². The minimum atomic E-state index is -0.155. The summed E-state index contributed by atoms with van der Waals surface area (Å²) in [7, 11) is 0. The van der Waals surface area contributed by atoms with Crippen LogP contribution in [0.15, 0.2) is 30.3 Å². The molecule has 16 heavy (non-hydrogen) atoms. The average molecular weight is 219 g/mol. The lowest BCUT2D eigenvalue weighted by atomic mass is 10.0. The summed E-state index contributed by atoms with van der Waals surface area (Å²) in [6.45, 7) is 2.90. The molecule has 2 nitrogen and oxygen atoms in total. The van der Waals surface area contributed by atoms with Gasteiger partial charge in [-0.2, -0.15) is 0 Å². The van der Waals surface area contributed by atoms with Gasteiger partial charge in [0.2, 0.25) is 0 Å². The lowest BCUT2D eigenvalue weighted by molar-refractivity contribution is 0.144. The number of nitrogens with one attached hydrogen (secondary N) is 1. The highest BCUT2D eigenvalue weighted by Gasteiger charge is 2.29. The van der Waals surface area contributed by atoms with E-state index in [0.717, 1.165) is 13.0 Å². The highest BCUT2D eigenvalue weighted by atomic mass is 16.3. The van der Waals surface area contributed by atoms with Gasteiger partial charge in [-0.15, -0.1) is 0 Å². The molecule has 0 amide bonds. The van der Waals surface area contributed by atoms with Gasteiger partial charge in [-0.05, 0) is 30.7 Å². The molecule has 2 heteroatoms. The van der Waals surface area contributed by atoms with Gasteiger partial charge in [0.25, 0.3) is 0 Å². The maximum atomic E-state index is 9.82. The standard InChI is InChI=1S/C14H21NO/c1-2-13(11-6-4-3-5-7-11)15-10-14(16)12-8-9-12/h3-7,12-16H,2,8-10H2,1H3. The second-order valence-corrected chi connectivity index (χ2v) is 4.68. The largest absolute Gasteiger partial charge is 0.392 e. The van der Waals surface area contributed by atoms with Crippen LogP contribution in [0.25, 0.3) is 0 Å². The van der Waals surface area contributed by atoms with Gasteiger partial charge in [0, 0.05) is 12.6 Å². The van der Waals surface area contributed by atoms with Crippen molar-refractivity contribution in [1.29, 1.82) is 0 Å². The molecule has 1 aromatic rings. The molecule has 2 rings (SSSR count). The van der Waals surface area contributed by atoms with Crippen LogP contribution in [0.3, 0.4) is 0 Å². The van der Waals surface area contributed by atoms with Crippen LogP contribution in [0, 0.1) is 5.92 Å². The first-order valence-electron chi connectivity index (χ1n) is 6.27. The highest BCUT2D eigenvalue weighted by Crippen LogP contribution is 2.32. The lowest BCUT2D eigenvalue weighted by Crippen LogP contribution is -2.31. The van der Waals surface area contributed by atoms with Crippen molar-refractivity contribution in [3.05, 3.63) is 35.9 Å². The Hall–Kier alpha value is -0.860. The summed E-state index contributed by atoms with van der Waals surface area (Å²) in [6, 6.07) is 10.8. The number of benzene rings is 1. The van der Waals surface area contributed by atoms with Crippen molar-refractivity contribution in [3.8, 4) is 0 Å². The van der Waals surface area contributed by atoms with Crippen LogP contribution in [0.5, 0.6) is 0 Å². The summed E-state index contributed by atoms with van der Waals surface area (Å²) >= 11 is 0. The third kappa shape index (κ3) is 3.06. The monoisotopic (exact) mass is 219 g/mol. The van der Waals surface area contributed by atoms with Crippen molar-refractivity contribution in [2.75, 3.05) is 6.54 Å². The van der Waals surface area contributed by atoms with Gasteiger partial charge in [0.05, 0.1) is 6.10 Å². The molecule has 0 saturated heterocycles. The van der Waals surface area contributed by atoms with E-state index >= 15 is 0 Å². The van der Waals surface area contributed by atoms with E-state index in [4.69, 9.17) is 0 Å². The summed E-state index contributed by atoms with van der Waals surface area (Å²) in [5, 5.41) is 13.3. The van der Waals surface area contributed by atoms with Crippen molar-refractivity contribution < 1.29 is 5.11 Å². The molecule has 1 aromatic carbocycles. The summed E-state index contributed by atoms with van der Waals surface area (Å²) in [5.74, 6) is 0.556. The molecule has 1 aliphatic carbocycles. The van der Waals surface area contributed by atoms with Crippen LogP contribution in [0.4, 0.5) is 0 Å². The molecule has 0 bridgehead atoms. The first-order chi connectivity index (χ1) is 7.81. The fraction of sp³-hybridized carbons (Fsp3) is 0.571. The predicted octanol–water partition coefficient (Wildman–Crippen LogP) is 2.50. The Kier molecular flexibility index (Phi) is 3.97. The number of aliphatic hydroxyl groups excluding tert-OH is 1. The molecule has 1 saturated carbocycles. The number of hydrogen-bond donors (Lipinski definition) is 2. The molecular formula is C14H21NO. The highest BCUT2D eigenvalue weighted by molar-refractivity contribution is 5.18. The fourth-order valence-corrected chi connectivity index (χ4v) is 2.09. The third-order valence-electron chi connectivity index (χ3n) is 3.35. The quantitative estimate of drug-likeness (QED) is 0.770. The predicted molar refractivity (Wildman–Crippen MR) is 66.2 cm³/mol. The smallest absolute Gasteiger partial charge is 0.0692 e. The molecular weight excluding hydrogens is 198 g/mol. The van der Waals surface area contributed by atoms with Crippen molar-refractivity contribution in [3.63, 3.8) is 0 Å². The SMILES string of the molecule is CCC(NCC(O)C1CC1)c1ccccc1. The van der Waals surface area contributed by atoms with Gasteiger partial charge in [0.15, 0.2) is 0 Å². The van der Waals surface area contributed by atoms with Crippen molar-refractivity contribution in [1.82, 2.24) is 5.32 Å². The summed E-state index contributed by atoms with van der Waals surface area (Å²) in [6.07, 6.45) is 3.30. The summed E-state index contributed by atoms with van der Waals surface area (Å²) < 4.78 is 0. The molecule has 0 aromatic heterocycles. The zero-order chi connectivity index (χ0) is 11.4. The van der Waals surface area contributed by atoms with Crippen molar-refractivity contribution in [2.45, 2.75) is 38.3 Å². The van der Waals surface area contributed by atoms with E-state index < -0.39 is 0 Å². The Balaban J connectivity index is 1.85. The summed E-state index contributed by atoms with van der Waals surface area (Å²) in [5.41, 5.74) is 1.31. The van der Waals surface area contributed by atoms with Gasteiger partial charge in [-0.25, -0.2) is 0 Å². The van der Waals surface area contributed by atoms with E-state index in [2.05, 4.69) is 36.5 Å². The Morgan fingerprint density at radius 3 is 2.56 bits per heavy atom. The van der Waals surface area contributed by atoms with E-state index in [0.29, 0.717) is 12.0 Å². The Morgan fingerprint density at radius 2 is 2.00 bits per heavy atom. The topological polar surface area (TPSA) is 32.3 Å². The second kappa shape index (κ2) is 5.46. The zero-order valence-electron chi connectivity index (χ0n) is 9.89. The lowest BCUT2D eigenvalue weighted by Gasteiger charge is -2.19. The molecule has 2 atom stereocenters. The number of hydrogen-bond acceptors (Lipinski definition) is 2.